The number of aromatic nitrogens is 2. The molecule has 0 N–H and O–H groups in total. The second-order valence-electron chi connectivity index (χ2n) is 3.56. The van der Waals surface area contributed by atoms with E-state index in [1.54, 1.807) is 18.2 Å². The van der Waals surface area contributed by atoms with Crippen molar-refractivity contribution in [3.8, 4) is 16.9 Å². The highest BCUT2D eigenvalue weighted by atomic mass is 19.3. The lowest BCUT2D eigenvalue weighted by molar-refractivity contribution is 0.0566. The number of aldehydes is 1. The molecule has 1 heterocycles. The molecule has 1 aromatic heterocycles. The van der Waals surface area contributed by atoms with Crippen LogP contribution in [0, 0.1) is 0 Å². The lowest BCUT2D eigenvalue weighted by Crippen LogP contribution is -1.96. The highest BCUT2D eigenvalue weighted by molar-refractivity contribution is 5.81. The summed E-state index contributed by atoms with van der Waals surface area (Å²) in [6.45, 7) is -2.70. The van der Waals surface area contributed by atoms with Crippen molar-refractivity contribution in [2.75, 3.05) is 7.11 Å². The Morgan fingerprint density at radius 3 is 2.78 bits per heavy atom. The summed E-state index contributed by atoms with van der Waals surface area (Å²) in [4.78, 5) is 10.7. The monoisotopic (exact) mass is 252 g/mol. The van der Waals surface area contributed by atoms with Gasteiger partial charge in [0.1, 0.15) is 12.0 Å². The molecule has 0 bridgehead atoms. The summed E-state index contributed by atoms with van der Waals surface area (Å²) in [7, 11) is 1.47. The fraction of sp³-hybridized carbons (Fsp3) is 0.167. The van der Waals surface area contributed by atoms with Gasteiger partial charge >= 0.3 is 6.55 Å². The standard InChI is InChI=1S/C12H10F2N2O2/c1-18-11-3-2-8(7-17)4-10(11)9-5-15-16(6-9)12(13)14/h2-7,12H,1H3. The number of carbonyl (C=O) groups excluding carboxylic acids is 1. The van der Waals surface area contributed by atoms with Crippen LogP contribution in [-0.4, -0.2) is 23.2 Å². The zero-order chi connectivity index (χ0) is 13.1. The number of nitrogens with zero attached hydrogens (tertiary/aromatic N) is 2. The van der Waals surface area contributed by atoms with Crippen molar-refractivity contribution in [1.82, 2.24) is 9.78 Å². The molecule has 2 aromatic rings. The molecular formula is C12H10F2N2O2. The van der Waals surface area contributed by atoms with E-state index in [1.807, 2.05) is 0 Å². The van der Waals surface area contributed by atoms with E-state index in [9.17, 15) is 13.6 Å². The first-order valence-electron chi connectivity index (χ1n) is 5.11. The predicted octanol–water partition coefficient (Wildman–Crippen LogP) is 2.77. The second-order valence-corrected chi connectivity index (χ2v) is 3.56. The van der Waals surface area contributed by atoms with Crippen LogP contribution in [0.3, 0.4) is 0 Å². The molecular weight excluding hydrogens is 242 g/mol. The van der Waals surface area contributed by atoms with Crippen LogP contribution in [-0.2, 0) is 0 Å². The number of hydrogen-bond acceptors (Lipinski definition) is 3. The molecule has 1 aromatic carbocycles. The van der Waals surface area contributed by atoms with Gasteiger partial charge in [0.15, 0.2) is 0 Å². The maximum absolute atomic E-state index is 12.4. The average molecular weight is 252 g/mol. The highest BCUT2D eigenvalue weighted by Crippen LogP contribution is 2.30. The van der Waals surface area contributed by atoms with Gasteiger partial charge in [0, 0.05) is 22.9 Å². The predicted molar refractivity (Wildman–Crippen MR) is 60.9 cm³/mol. The van der Waals surface area contributed by atoms with Crippen LogP contribution in [0.15, 0.2) is 30.6 Å². The molecule has 6 heteroatoms. The van der Waals surface area contributed by atoms with Crippen molar-refractivity contribution in [3.05, 3.63) is 36.2 Å². The first kappa shape index (κ1) is 12.2. The van der Waals surface area contributed by atoms with Crippen molar-refractivity contribution in [2.45, 2.75) is 6.55 Å². The fourth-order valence-electron chi connectivity index (χ4n) is 1.61. The summed E-state index contributed by atoms with van der Waals surface area (Å²) in [5, 5.41) is 3.55. The number of benzene rings is 1. The molecule has 0 aliphatic carbocycles. The molecule has 0 saturated heterocycles. The SMILES string of the molecule is COc1ccc(C=O)cc1-c1cnn(C(F)F)c1. The Morgan fingerprint density at radius 1 is 1.44 bits per heavy atom. The Hall–Kier alpha value is -2.24. The molecule has 0 atom stereocenters. The van der Waals surface area contributed by atoms with Crippen LogP contribution >= 0.6 is 0 Å². The largest absolute Gasteiger partial charge is 0.496 e. The van der Waals surface area contributed by atoms with Gasteiger partial charge < -0.3 is 4.74 Å². The summed E-state index contributed by atoms with van der Waals surface area (Å²) < 4.78 is 30.5. The Labute approximate surface area is 102 Å². The third-order valence-electron chi connectivity index (χ3n) is 2.47. The molecule has 18 heavy (non-hydrogen) atoms. The van der Waals surface area contributed by atoms with Crippen molar-refractivity contribution in [1.29, 1.82) is 0 Å². The maximum atomic E-state index is 12.4. The van der Waals surface area contributed by atoms with Gasteiger partial charge in [0.2, 0.25) is 0 Å². The van der Waals surface area contributed by atoms with E-state index in [-0.39, 0.29) is 0 Å². The molecule has 0 spiro atoms. The van der Waals surface area contributed by atoms with Crippen LogP contribution in [0.5, 0.6) is 5.75 Å². The first-order chi connectivity index (χ1) is 8.65. The average Bonchev–Trinajstić information content (AvgIpc) is 2.87. The minimum Gasteiger partial charge on any atom is -0.496 e. The Morgan fingerprint density at radius 2 is 2.22 bits per heavy atom. The van der Waals surface area contributed by atoms with E-state index in [0.717, 1.165) is 0 Å². The van der Waals surface area contributed by atoms with E-state index >= 15 is 0 Å². The summed E-state index contributed by atoms with van der Waals surface area (Å²) >= 11 is 0. The molecule has 94 valence electrons. The zero-order valence-electron chi connectivity index (χ0n) is 9.51. The number of halogens is 2. The highest BCUT2D eigenvalue weighted by Gasteiger charge is 2.12. The molecule has 0 fully saturated rings. The molecule has 0 aliphatic heterocycles. The van der Waals surface area contributed by atoms with Gasteiger partial charge in [-0.2, -0.15) is 13.9 Å². The Kier molecular flexibility index (Phi) is 3.36. The van der Waals surface area contributed by atoms with E-state index < -0.39 is 6.55 Å². The van der Waals surface area contributed by atoms with Crippen LogP contribution < -0.4 is 4.74 Å². The van der Waals surface area contributed by atoms with E-state index in [1.165, 1.54) is 19.5 Å². The Balaban J connectivity index is 2.50. The van der Waals surface area contributed by atoms with Gasteiger partial charge in [-0.15, -0.1) is 0 Å². The topological polar surface area (TPSA) is 44.1 Å². The van der Waals surface area contributed by atoms with Gasteiger partial charge in [0.25, 0.3) is 0 Å². The Bertz CT molecular complexity index is 567. The number of ether oxygens (including phenoxy) is 1. The maximum Gasteiger partial charge on any atom is 0.333 e. The molecule has 0 aliphatic rings. The summed E-state index contributed by atoms with van der Waals surface area (Å²) in [6, 6.07) is 4.77. The number of methoxy groups -OCH3 is 1. The van der Waals surface area contributed by atoms with Gasteiger partial charge in [0.05, 0.1) is 13.3 Å². The molecule has 4 nitrogen and oxygen atoms in total. The van der Waals surface area contributed by atoms with Crippen LogP contribution in [0.1, 0.15) is 16.9 Å². The summed E-state index contributed by atoms with van der Waals surface area (Å²) in [6.07, 6.45) is 3.19. The first-order valence-corrected chi connectivity index (χ1v) is 5.11. The van der Waals surface area contributed by atoms with Crippen LogP contribution in [0.2, 0.25) is 0 Å². The van der Waals surface area contributed by atoms with Gasteiger partial charge in [-0.1, -0.05) is 0 Å². The van der Waals surface area contributed by atoms with E-state index in [0.29, 0.717) is 33.4 Å². The normalized spacial score (nSPS) is 10.7. The van der Waals surface area contributed by atoms with Crippen LogP contribution in [0.25, 0.3) is 11.1 Å². The minimum atomic E-state index is -2.70. The van der Waals surface area contributed by atoms with Crippen molar-refractivity contribution in [2.24, 2.45) is 0 Å². The van der Waals surface area contributed by atoms with Crippen LogP contribution in [0.4, 0.5) is 8.78 Å². The molecule has 0 saturated carbocycles. The quantitative estimate of drug-likeness (QED) is 0.786. The second kappa shape index (κ2) is 4.95. The molecule has 0 amide bonds. The summed E-state index contributed by atoms with van der Waals surface area (Å²) in [5.74, 6) is 0.495. The van der Waals surface area contributed by atoms with Gasteiger partial charge in [-0.05, 0) is 18.2 Å². The van der Waals surface area contributed by atoms with Crippen molar-refractivity contribution in [3.63, 3.8) is 0 Å². The van der Waals surface area contributed by atoms with Gasteiger partial charge in [-0.3, -0.25) is 4.79 Å². The van der Waals surface area contributed by atoms with E-state index in [4.69, 9.17) is 4.74 Å². The minimum absolute atomic E-state index is 0.440. The number of alkyl halides is 2. The third-order valence-corrected chi connectivity index (χ3v) is 2.47. The summed E-state index contributed by atoms with van der Waals surface area (Å²) in [5.41, 5.74) is 1.46. The number of hydrogen-bond donors (Lipinski definition) is 0. The number of rotatable bonds is 4. The lowest BCUT2D eigenvalue weighted by Gasteiger charge is -2.07. The zero-order valence-corrected chi connectivity index (χ0v) is 9.51. The molecule has 2 rings (SSSR count). The van der Waals surface area contributed by atoms with Crippen molar-refractivity contribution >= 4 is 6.29 Å². The molecule has 0 radical (unpaired) electrons. The lowest BCUT2D eigenvalue weighted by atomic mass is 10.1. The third kappa shape index (κ3) is 2.22. The number of carbonyl (C=O) groups is 1. The van der Waals surface area contributed by atoms with Gasteiger partial charge in [-0.25, -0.2) is 4.68 Å². The van der Waals surface area contributed by atoms with E-state index in [2.05, 4.69) is 5.10 Å². The fourth-order valence-corrected chi connectivity index (χ4v) is 1.61. The van der Waals surface area contributed by atoms with Crippen molar-refractivity contribution < 1.29 is 18.3 Å². The molecule has 0 unspecified atom stereocenters. The smallest absolute Gasteiger partial charge is 0.333 e.